The van der Waals surface area contributed by atoms with Gasteiger partial charge in [0.2, 0.25) is 0 Å². The molecule has 1 heterocycles. The maximum Gasteiger partial charge on any atom is 0.333 e. The van der Waals surface area contributed by atoms with Gasteiger partial charge in [-0.05, 0) is 44.7 Å². The fraction of sp³-hybridized carbons (Fsp3) is 0.429. The van der Waals surface area contributed by atoms with Crippen LogP contribution in [0.2, 0.25) is 0 Å². The van der Waals surface area contributed by atoms with Gasteiger partial charge in [-0.25, -0.2) is 4.79 Å². The molecule has 26 heavy (non-hydrogen) atoms. The van der Waals surface area contributed by atoms with Gasteiger partial charge in [0.1, 0.15) is 11.5 Å². The second kappa shape index (κ2) is 9.80. The molecule has 5 nitrogen and oxygen atoms in total. The molecule has 0 saturated heterocycles. The molecule has 0 fully saturated rings. The molecule has 140 valence electrons. The molecule has 1 aliphatic rings. The Kier molecular flexibility index (Phi) is 7.45. The van der Waals surface area contributed by atoms with Crippen LogP contribution < -0.4 is 9.47 Å². The fourth-order valence-electron chi connectivity index (χ4n) is 3.13. The highest BCUT2D eigenvalue weighted by molar-refractivity contribution is 5.88. The molecule has 0 N–H and O–H groups in total. The average molecular weight is 358 g/mol. The number of hydrogen-bond acceptors (Lipinski definition) is 5. The first-order valence-electron chi connectivity index (χ1n) is 8.95. The Labute approximate surface area is 154 Å². The number of esters is 2. The van der Waals surface area contributed by atoms with Gasteiger partial charge in [-0.15, -0.1) is 6.58 Å². The van der Waals surface area contributed by atoms with E-state index in [0.29, 0.717) is 37.2 Å². The molecule has 0 amide bonds. The largest absolute Gasteiger partial charge is 0.496 e. The second-order valence-electron chi connectivity index (χ2n) is 6.10. The SMILES string of the molecule is C=CCC/C(=C\CCC1CC(=O)Oc2cccc(OC)c21)C(=O)OCC. The summed E-state index contributed by atoms with van der Waals surface area (Å²) in [4.78, 5) is 24.0. The fourth-order valence-corrected chi connectivity index (χ4v) is 3.13. The zero-order chi connectivity index (χ0) is 18.9. The van der Waals surface area contributed by atoms with Crippen LogP contribution in [-0.4, -0.2) is 25.7 Å². The standard InChI is InChI=1S/C21H26O5/c1-4-6-9-15(21(23)25-5-2)10-7-11-16-14-19(22)26-18-13-8-12-17(24-3)20(16)18/h4,8,10,12-13,16H,1,5-7,9,11,14H2,2-3H3/b15-10+. The van der Waals surface area contributed by atoms with Gasteiger partial charge in [0.05, 0.1) is 20.1 Å². The summed E-state index contributed by atoms with van der Waals surface area (Å²) in [5, 5.41) is 0. The topological polar surface area (TPSA) is 61.8 Å². The van der Waals surface area contributed by atoms with Crippen LogP contribution in [0.25, 0.3) is 0 Å². The lowest BCUT2D eigenvalue weighted by molar-refractivity contribution is -0.139. The van der Waals surface area contributed by atoms with E-state index in [1.807, 2.05) is 12.1 Å². The Balaban J connectivity index is 2.14. The predicted molar refractivity (Wildman–Crippen MR) is 99.4 cm³/mol. The molecule has 0 bridgehead atoms. The Morgan fingerprint density at radius 2 is 2.19 bits per heavy atom. The third-order valence-electron chi connectivity index (χ3n) is 4.35. The van der Waals surface area contributed by atoms with Crippen LogP contribution >= 0.6 is 0 Å². The van der Waals surface area contributed by atoms with Gasteiger partial charge in [0.15, 0.2) is 0 Å². The first-order chi connectivity index (χ1) is 12.6. The minimum Gasteiger partial charge on any atom is -0.496 e. The lowest BCUT2D eigenvalue weighted by Gasteiger charge is -2.26. The number of ether oxygens (including phenoxy) is 3. The van der Waals surface area contributed by atoms with Crippen LogP contribution in [0, 0.1) is 0 Å². The first-order valence-corrected chi connectivity index (χ1v) is 8.95. The van der Waals surface area contributed by atoms with E-state index in [1.54, 1.807) is 32.2 Å². The smallest absolute Gasteiger partial charge is 0.333 e. The molecular weight excluding hydrogens is 332 g/mol. The summed E-state index contributed by atoms with van der Waals surface area (Å²) < 4.78 is 15.9. The van der Waals surface area contributed by atoms with Crippen molar-refractivity contribution in [3.05, 3.63) is 48.1 Å². The molecule has 0 spiro atoms. The lowest BCUT2D eigenvalue weighted by atomic mass is 9.87. The van der Waals surface area contributed by atoms with E-state index in [4.69, 9.17) is 14.2 Å². The van der Waals surface area contributed by atoms with Crippen molar-refractivity contribution in [3.8, 4) is 11.5 Å². The maximum absolute atomic E-state index is 12.1. The zero-order valence-electron chi connectivity index (χ0n) is 15.5. The van der Waals surface area contributed by atoms with Gasteiger partial charge in [-0.2, -0.15) is 0 Å². The number of rotatable bonds is 9. The van der Waals surface area contributed by atoms with E-state index in [0.717, 1.165) is 24.2 Å². The Morgan fingerprint density at radius 1 is 1.38 bits per heavy atom. The minimum atomic E-state index is -0.282. The van der Waals surface area contributed by atoms with Gasteiger partial charge in [0, 0.05) is 17.1 Å². The Hall–Kier alpha value is -2.56. The molecule has 2 rings (SSSR count). The first kappa shape index (κ1) is 19.8. The molecule has 1 aromatic rings. The molecule has 1 atom stereocenters. The van der Waals surface area contributed by atoms with Crippen LogP contribution in [0.4, 0.5) is 0 Å². The molecule has 0 radical (unpaired) electrons. The highest BCUT2D eigenvalue weighted by Crippen LogP contribution is 2.42. The van der Waals surface area contributed by atoms with Crippen LogP contribution in [0.1, 0.15) is 50.5 Å². The minimum absolute atomic E-state index is 0.00139. The van der Waals surface area contributed by atoms with E-state index in [2.05, 4.69) is 6.58 Å². The van der Waals surface area contributed by atoms with Crippen LogP contribution in [0.5, 0.6) is 11.5 Å². The Bertz CT molecular complexity index is 690. The molecule has 1 aliphatic heterocycles. The molecule has 1 aromatic carbocycles. The zero-order valence-corrected chi connectivity index (χ0v) is 15.5. The van der Waals surface area contributed by atoms with Crippen molar-refractivity contribution < 1.29 is 23.8 Å². The van der Waals surface area contributed by atoms with Crippen molar-refractivity contribution in [2.75, 3.05) is 13.7 Å². The van der Waals surface area contributed by atoms with E-state index >= 15 is 0 Å². The number of fused-ring (bicyclic) bond motifs is 1. The van der Waals surface area contributed by atoms with E-state index < -0.39 is 0 Å². The summed E-state index contributed by atoms with van der Waals surface area (Å²) >= 11 is 0. The van der Waals surface area contributed by atoms with Gasteiger partial charge in [0.25, 0.3) is 0 Å². The maximum atomic E-state index is 12.1. The molecule has 0 aromatic heterocycles. The van der Waals surface area contributed by atoms with E-state index in [1.165, 1.54) is 0 Å². The summed E-state index contributed by atoms with van der Waals surface area (Å²) in [7, 11) is 1.61. The highest BCUT2D eigenvalue weighted by atomic mass is 16.5. The average Bonchev–Trinajstić information content (AvgIpc) is 2.63. The van der Waals surface area contributed by atoms with Gasteiger partial charge in [-0.1, -0.05) is 18.2 Å². The van der Waals surface area contributed by atoms with Crippen LogP contribution in [0.3, 0.4) is 0 Å². The van der Waals surface area contributed by atoms with Crippen molar-refractivity contribution in [1.29, 1.82) is 0 Å². The van der Waals surface area contributed by atoms with Crippen molar-refractivity contribution in [2.24, 2.45) is 0 Å². The van der Waals surface area contributed by atoms with Crippen molar-refractivity contribution >= 4 is 11.9 Å². The summed E-state index contributed by atoms with van der Waals surface area (Å²) in [6.45, 7) is 5.84. The summed E-state index contributed by atoms with van der Waals surface area (Å²) in [6.07, 6.45) is 6.72. The second-order valence-corrected chi connectivity index (χ2v) is 6.10. The quantitative estimate of drug-likeness (QED) is 0.285. The van der Waals surface area contributed by atoms with Crippen molar-refractivity contribution in [1.82, 2.24) is 0 Å². The molecule has 1 unspecified atom stereocenters. The molecule has 5 heteroatoms. The van der Waals surface area contributed by atoms with E-state index in [-0.39, 0.29) is 17.9 Å². The lowest BCUT2D eigenvalue weighted by Crippen LogP contribution is -2.21. The predicted octanol–water partition coefficient (Wildman–Crippen LogP) is 4.32. The number of benzene rings is 1. The van der Waals surface area contributed by atoms with Gasteiger partial charge >= 0.3 is 11.9 Å². The molecule has 0 aliphatic carbocycles. The summed E-state index contributed by atoms with van der Waals surface area (Å²) in [5.41, 5.74) is 1.58. The highest BCUT2D eigenvalue weighted by Gasteiger charge is 2.29. The number of hydrogen-bond donors (Lipinski definition) is 0. The van der Waals surface area contributed by atoms with Crippen LogP contribution in [0.15, 0.2) is 42.5 Å². The number of carbonyl (C=O) groups is 2. The molecule has 0 saturated carbocycles. The third-order valence-corrected chi connectivity index (χ3v) is 4.35. The number of carbonyl (C=O) groups excluding carboxylic acids is 2. The normalized spacial score (nSPS) is 16.5. The number of methoxy groups -OCH3 is 1. The van der Waals surface area contributed by atoms with Gasteiger partial charge in [-0.3, -0.25) is 4.79 Å². The third kappa shape index (κ3) is 4.97. The Morgan fingerprint density at radius 3 is 2.88 bits per heavy atom. The monoisotopic (exact) mass is 358 g/mol. The van der Waals surface area contributed by atoms with Crippen molar-refractivity contribution in [2.45, 2.75) is 44.9 Å². The van der Waals surface area contributed by atoms with Crippen LogP contribution in [-0.2, 0) is 14.3 Å². The summed E-state index contributed by atoms with van der Waals surface area (Å²) in [5.74, 6) is 0.766. The summed E-state index contributed by atoms with van der Waals surface area (Å²) in [6, 6.07) is 5.46. The number of allylic oxidation sites excluding steroid dienone is 2. The molecular formula is C21H26O5. The van der Waals surface area contributed by atoms with E-state index in [9.17, 15) is 9.59 Å². The van der Waals surface area contributed by atoms with Gasteiger partial charge < -0.3 is 14.2 Å². The van der Waals surface area contributed by atoms with Crippen molar-refractivity contribution in [3.63, 3.8) is 0 Å².